The van der Waals surface area contributed by atoms with Crippen LogP contribution in [0, 0.1) is 11.8 Å². The molecule has 0 saturated heterocycles. The first-order valence-electron chi connectivity index (χ1n) is 7.32. The Labute approximate surface area is 121 Å². The fourth-order valence-corrected chi connectivity index (χ4v) is 3.79. The second-order valence-electron chi connectivity index (χ2n) is 5.88. The van der Waals surface area contributed by atoms with Gasteiger partial charge in [-0.25, -0.2) is 13.1 Å². The molecule has 4 nitrogen and oxygen atoms in total. The molecule has 20 heavy (non-hydrogen) atoms. The van der Waals surface area contributed by atoms with Gasteiger partial charge in [0.25, 0.3) is 0 Å². The predicted molar refractivity (Wildman–Crippen MR) is 81.8 cm³/mol. The van der Waals surface area contributed by atoms with Crippen LogP contribution in [0.5, 0.6) is 0 Å². The van der Waals surface area contributed by atoms with E-state index in [0.717, 1.165) is 12.3 Å². The minimum atomic E-state index is -3.39. The molecule has 0 aromatic heterocycles. The fourth-order valence-electron chi connectivity index (χ4n) is 2.75. The van der Waals surface area contributed by atoms with Crippen LogP contribution in [-0.4, -0.2) is 15.0 Å². The van der Waals surface area contributed by atoms with Crippen LogP contribution in [0.2, 0.25) is 0 Å². The van der Waals surface area contributed by atoms with Gasteiger partial charge in [-0.05, 0) is 42.5 Å². The van der Waals surface area contributed by atoms with Crippen molar-refractivity contribution in [3.63, 3.8) is 0 Å². The van der Waals surface area contributed by atoms with Gasteiger partial charge in [-0.3, -0.25) is 0 Å². The van der Waals surface area contributed by atoms with Crippen LogP contribution >= 0.6 is 0 Å². The van der Waals surface area contributed by atoms with Gasteiger partial charge in [0.1, 0.15) is 0 Å². The highest BCUT2D eigenvalue weighted by molar-refractivity contribution is 7.89. The van der Waals surface area contributed by atoms with Gasteiger partial charge in [0.05, 0.1) is 4.90 Å². The lowest BCUT2D eigenvalue weighted by Gasteiger charge is -2.26. The summed E-state index contributed by atoms with van der Waals surface area (Å²) in [5.41, 5.74) is 6.13. The normalized spacial score (nSPS) is 23.6. The summed E-state index contributed by atoms with van der Waals surface area (Å²) in [6, 6.07) is 6.30. The molecule has 1 aromatic carbocycles. The van der Waals surface area contributed by atoms with E-state index in [1.807, 2.05) is 0 Å². The third kappa shape index (κ3) is 4.21. The average Bonchev–Trinajstić information content (AvgIpc) is 2.41. The Kier molecular flexibility index (Phi) is 5.05. The number of nitrogen functional groups attached to an aromatic ring is 1. The second kappa shape index (κ2) is 6.59. The molecule has 0 heterocycles. The number of anilines is 1. The molecule has 0 spiro atoms. The van der Waals surface area contributed by atoms with Crippen LogP contribution < -0.4 is 10.5 Å². The number of nitrogens with two attached hydrogens (primary N) is 1. The predicted octanol–water partition coefficient (Wildman–Crippen LogP) is 2.76. The van der Waals surface area contributed by atoms with Crippen LogP contribution in [0.15, 0.2) is 29.2 Å². The largest absolute Gasteiger partial charge is 0.399 e. The lowest BCUT2D eigenvalue weighted by molar-refractivity contribution is 0.278. The monoisotopic (exact) mass is 296 g/mol. The van der Waals surface area contributed by atoms with Crippen LogP contribution in [-0.2, 0) is 10.0 Å². The highest BCUT2D eigenvalue weighted by Crippen LogP contribution is 2.30. The molecular formula is C15H24N2O2S. The summed E-state index contributed by atoms with van der Waals surface area (Å²) in [4.78, 5) is 0.281. The Bertz CT molecular complexity index is 517. The van der Waals surface area contributed by atoms with Crippen molar-refractivity contribution in [3.8, 4) is 0 Å². The van der Waals surface area contributed by atoms with Gasteiger partial charge < -0.3 is 5.73 Å². The van der Waals surface area contributed by atoms with Gasteiger partial charge >= 0.3 is 0 Å². The number of sulfonamides is 1. The zero-order valence-electron chi connectivity index (χ0n) is 12.0. The van der Waals surface area contributed by atoms with E-state index in [2.05, 4.69) is 11.6 Å². The van der Waals surface area contributed by atoms with Crippen molar-refractivity contribution in [2.24, 2.45) is 11.8 Å². The van der Waals surface area contributed by atoms with Crippen LogP contribution in [0.1, 0.15) is 39.0 Å². The molecule has 0 bridgehead atoms. The first kappa shape index (κ1) is 15.3. The Hall–Kier alpha value is -1.07. The zero-order chi connectivity index (χ0) is 14.6. The molecule has 5 heteroatoms. The van der Waals surface area contributed by atoms with E-state index in [1.54, 1.807) is 24.3 Å². The third-order valence-corrected chi connectivity index (χ3v) is 5.65. The molecule has 1 aromatic rings. The summed E-state index contributed by atoms with van der Waals surface area (Å²) in [5.74, 6) is 1.50. The average molecular weight is 296 g/mol. The quantitative estimate of drug-likeness (QED) is 0.821. The summed E-state index contributed by atoms with van der Waals surface area (Å²) in [6.45, 7) is 2.81. The van der Waals surface area contributed by atoms with E-state index >= 15 is 0 Å². The molecule has 2 rings (SSSR count). The standard InChI is InChI=1S/C15H24N2O2S/c1-12-2-4-13(5-3-12)10-11-17-20(18,19)15-8-6-14(16)7-9-15/h6-9,12-13,17H,2-5,10-11,16H2,1H3. The molecule has 0 aliphatic heterocycles. The van der Waals surface area contributed by atoms with E-state index in [9.17, 15) is 8.42 Å². The van der Waals surface area contributed by atoms with Gasteiger partial charge in [0.15, 0.2) is 0 Å². The number of benzene rings is 1. The van der Waals surface area contributed by atoms with Crippen molar-refractivity contribution in [3.05, 3.63) is 24.3 Å². The number of nitrogens with one attached hydrogen (secondary N) is 1. The van der Waals surface area contributed by atoms with Gasteiger partial charge in [-0.2, -0.15) is 0 Å². The molecule has 3 N–H and O–H groups in total. The number of hydrogen-bond donors (Lipinski definition) is 2. The van der Waals surface area contributed by atoms with Crippen LogP contribution in [0.25, 0.3) is 0 Å². The first-order valence-corrected chi connectivity index (χ1v) is 8.81. The Balaban J connectivity index is 1.82. The number of rotatable bonds is 5. The molecule has 1 fully saturated rings. The highest BCUT2D eigenvalue weighted by atomic mass is 32.2. The van der Waals surface area contributed by atoms with Crippen molar-refractivity contribution in [1.29, 1.82) is 0 Å². The summed E-state index contributed by atoms with van der Waals surface area (Å²) in [7, 11) is -3.39. The molecule has 112 valence electrons. The smallest absolute Gasteiger partial charge is 0.240 e. The summed E-state index contributed by atoms with van der Waals surface area (Å²) < 4.78 is 26.9. The van der Waals surface area contributed by atoms with Crippen molar-refractivity contribution >= 4 is 15.7 Å². The second-order valence-corrected chi connectivity index (χ2v) is 7.65. The molecule has 0 atom stereocenters. The summed E-state index contributed by atoms with van der Waals surface area (Å²) in [5, 5.41) is 0. The van der Waals surface area contributed by atoms with E-state index < -0.39 is 10.0 Å². The Morgan fingerprint density at radius 2 is 1.75 bits per heavy atom. The van der Waals surface area contributed by atoms with Gasteiger partial charge in [0, 0.05) is 12.2 Å². The van der Waals surface area contributed by atoms with Gasteiger partial charge in [-0.1, -0.05) is 32.6 Å². The van der Waals surface area contributed by atoms with Crippen molar-refractivity contribution in [2.45, 2.75) is 43.9 Å². The molecule has 1 aliphatic carbocycles. The van der Waals surface area contributed by atoms with Crippen molar-refractivity contribution in [2.75, 3.05) is 12.3 Å². The topological polar surface area (TPSA) is 72.2 Å². The summed E-state index contributed by atoms with van der Waals surface area (Å²) in [6.07, 6.45) is 5.93. The molecule has 1 saturated carbocycles. The zero-order valence-corrected chi connectivity index (χ0v) is 12.8. The van der Waals surface area contributed by atoms with E-state index in [4.69, 9.17) is 5.73 Å². The molecule has 0 radical (unpaired) electrons. The lowest BCUT2D eigenvalue weighted by Crippen LogP contribution is -2.27. The Morgan fingerprint density at radius 1 is 1.15 bits per heavy atom. The Morgan fingerprint density at radius 3 is 2.35 bits per heavy atom. The first-order chi connectivity index (χ1) is 9.47. The van der Waals surface area contributed by atoms with Crippen molar-refractivity contribution < 1.29 is 8.42 Å². The minimum Gasteiger partial charge on any atom is -0.399 e. The number of hydrogen-bond acceptors (Lipinski definition) is 3. The van der Waals surface area contributed by atoms with E-state index in [1.165, 1.54) is 25.7 Å². The summed E-state index contributed by atoms with van der Waals surface area (Å²) >= 11 is 0. The molecule has 1 aliphatic rings. The van der Waals surface area contributed by atoms with E-state index in [0.29, 0.717) is 18.2 Å². The maximum Gasteiger partial charge on any atom is 0.240 e. The SMILES string of the molecule is CC1CCC(CCNS(=O)(=O)c2ccc(N)cc2)CC1. The molecule has 0 unspecified atom stereocenters. The van der Waals surface area contributed by atoms with Gasteiger partial charge in [-0.15, -0.1) is 0 Å². The fraction of sp³-hybridized carbons (Fsp3) is 0.600. The third-order valence-electron chi connectivity index (χ3n) is 4.17. The maximum absolute atomic E-state index is 12.1. The molecule has 0 amide bonds. The lowest BCUT2D eigenvalue weighted by atomic mass is 9.81. The molecular weight excluding hydrogens is 272 g/mol. The van der Waals surface area contributed by atoms with Crippen molar-refractivity contribution in [1.82, 2.24) is 4.72 Å². The van der Waals surface area contributed by atoms with Gasteiger partial charge in [0.2, 0.25) is 10.0 Å². The van der Waals surface area contributed by atoms with E-state index in [-0.39, 0.29) is 4.90 Å². The van der Waals surface area contributed by atoms with Crippen LogP contribution in [0.3, 0.4) is 0 Å². The highest BCUT2D eigenvalue weighted by Gasteiger charge is 2.19. The van der Waals surface area contributed by atoms with Crippen LogP contribution in [0.4, 0.5) is 5.69 Å². The maximum atomic E-state index is 12.1. The minimum absolute atomic E-state index is 0.281.